The van der Waals surface area contributed by atoms with Gasteiger partial charge < -0.3 is 0 Å². The molecule has 2 aromatic carbocycles. The fraction of sp³-hybridized carbons (Fsp3) is 0. The third-order valence-corrected chi connectivity index (χ3v) is 2.86. The van der Waals surface area contributed by atoms with E-state index in [4.69, 9.17) is 0 Å². The predicted molar refractivity (Wildman–Crippen MR) is 63.8 cm³/mol. The van der Waals surface area contributed by atoms with Gasteiger partial charge in [-0.2, -0.15) is 0 Å². The molecule has 6 heteroatoms. The Morgan fingerprint density at radius 2 is 1.47 bits per heavy atom. The Bertz CT molecular complexity index is 647. The first-order valence-electron chi connectivity index (χ1n) is 5.04. The molecule has 0 aromatic heterocycles. The second-order valence-electron chi connectivity index (χ2n) is 3.70. The number of halogens is 5. The molecule has 0 bridgehead atoms. The first-order valence-corrected chi connectivity index (χ1v) is 5.83. The maximum absolute atomic E-state index is 13.6. The van der Waals surface area contributed by atoms with Crippen LogP contribution in [0.4, 0.5) is 17.6 Å². The Kier molecular flexibility index (Phi) is 3.71. The van der Waals surface area contributed by atoms with E-state index >= 15 is 0 Å². The van der Waals surface area contributed by atoms with E-state index in [0.29, 0.717) is 6.07 Å². The van der Waals surface area contributed by atoms with Crippen molar-refractivity contribution in [2.45, 2.75) is 0 Å². The van der Waals surface area contributed by atoms with E-state index in [-0.39, 0.29) is 4.47 Å². The van der Waals surface area contributed by atoms with Crippen LogP contribution in [0.5, 0.6) is 0 Å². The quantitative estimate of drug-likeness (QED) is 0.594. The third kappa shape index (κ3) is 2.68. The molecule has 0 fully saturated rings. The van der Waals surface area contributed by atoms with Crippen LogP contribution >= 0.6 is 15.9 Å². The Morgan fingerprint density at radius 3 is 2.05 bits per heavy atom. The van der Waals surface area contributed by atoms with Crippen molar-refractivity contribution in [2.75, 3.05) is 0 Å². The van der Waals surface area contributed by atoms with Gasteiger partial charge in [0, 0.05) is 4.47 Å². The smallest absolute Gasteiger partial charge is 0.201 e. The lowest BCUT2D eigenvalue weighted by Crippen LogP contribution is -2.10. The van der Waals surface area contributed by atoms with Gasteiger partial charge in [-0.25, -0.2) is 17.6 Å². The lowest BCUT2D eigenvalue weighted by atomic mass is 10.0. The molecule has 0 heterocycles. The number of rotatable bonds is 2. The molecule has 0 saturated carbocycles. The molecule has 0 amide bonds. The molecule has 0 N–H and O–H groups in total. The maximum atomic E-state index is 13.6. The van der Waals surface area contributed by atoms with E-state index < -0.39 is 40.2 Å². The molecule has 0 unspecified atom stereocenters. The van der Waals surface area contributed by atoms with Gasteiger partial charge >= 0.3 is 0 Å². The van der Waals surface area contributed by atoms with Gasteiger partial charge in [0.15, 0.2) is 0 Å². The maximum Gasteiger partial charge on any atom is 0.201 e. The molecule has 19 heavy (non-hydrogen) atoms. The summed E-state index contributed by atoms with van der Waals surface area (Å²) in [6.07, 6.45) is 0. The van der Waals surface area contributed by atoms with E-state index in [1.54, 1.807) is 0 Å². The number of hydrogen-bond acceptors (Lipinski definition) is 1. The molecule has 0 saturated heterocycles. The second kappa shape index (κ2) is 5.13. The summed E-state index contributed by atoms with van der Waals surface area (Å²) in [5.74, 6) is -5.48. The average molecular weight is 333 g/mol. The minimum absolute atomic E-state index is 0.0961. The summed E-state index contributed by atoms with van der Waals surface area (Å²) in [7, 11) is 0. The van der Waals surface area contributed by atoms with Gasteiger partial charge in [0.1, 0.15) is 23.3 Å². The molecule has 98 valence electrons. The van der Waals surface area contributed by atoms with Gasteiger partial charge in [-0.1, -0.05) is 15.9 Å². The Morgan fingerprint density at radius 1 is 0.895 bits per heavy atom. The zero-order valence-electron chi connectivity index (χ0n) is 9.18. The third-order valence-electron chi connectivity index (χ3n) is 2.41. The zero-order chi connectivity index (χ0) is 14.2. The summed E-state index contributed by atoms with van der Waals surface area (Å²) in [4.78, 5) is 11.9. The Balaban J connectivity index is 2.59. The molecule has 2 aromatic rings. The lowest BCUT2D eigenvalue weighted by Gasteiger charge is -2.06. The first-order chi connectivity index (χ1) is 8.90. The summed E-state index contributed by atoms with van der Waals surface area (Å²) >= 11 is 2.85. The van der Waals surface area contributed by atoms with E-state index in [1.807, 2.05) is 0 Å². The van der Waals surface area contributed by atoms with Crippen LogP contribution < -0.4 is 0 Å². The van der Waals surface area contributed by atoms with Crippen molar-refractivity contribution in [3.8, 4) is 0 Å². The van der Waals surface area contributed by atoms with E-state index in [2.05, 4.69) is 15.9 Å². The van der Waals surface area contributed by atoms with E-state index in [0.717, 1.165) is 24.3 Å². The monoisotopic (exact) mass is 332 g/mol. The van der Waals surface area contributed by atoms with Gasteiger partial charge in [-0.15, -0.1) is 0 Å². The van der Waals surface area contributed by atoms with Crippen molar-refractivity contribution < 1.29 is 22.4 Å². The number of hydrogen-bond donors (Lipinski definition) is 0. The highest BCUT2D eigenvalue weighted by Crippen LogP contribution is 2.23. The summed E-state index contributed by atoms with van der Waals surface area (Å²) in [5, 5.41) is 0. The average Bonchev–Trinajstić information content (AvgIpc) is 2.30. The number of carbonyl (C=O) groups is 1. The van der Waals surface area contributed by atoms with Crippen molar-refractivity contribution in [1.29, 1.82) is 0 Å². The topological polar surface area (TPSA) is 17.1 Å². The Hall–Kier alpha value is -1.69. The summed E-state index contributed by atoms with van der Waals surface area (Å²) < 4.78 is 53.6. The summed E-state index contributed by atoms with van der Waals surface area (Å²) in [6, 6.07) is 3.86. The van der Waals surface area contributed by atoms with Crippen molar-refractivity contribution in [2.24, 2.45) is 0 Å². The molecule has 2 rings (SSSR count). The standard InChI is InChI=1S/C13H5BrF4O/c14-6-3-10(17)12(11(18)4-6)13(19)8-5-7(15)1-2-9(8)16/h1-5H. The first kappa shape index (κ1) is 13.7. The fourth-order valence-corrected chi connectivity index (χ4v) is 1.97. The van der Waals surface area contributed by atoms with Gasteiger partial charge in [0.25, 0.3) is 0 Å². The van der Waals surface area contributed by atoms with Gasteiger partial charge in [0.2, 0.25) is 5.78 Å². The van der Waals surface area contributed by atoms with E-state index in [1.165, 1.54) is 0 Å². The van der Waals surface area contributed by atoms with Crippen LogP contribution in [0.1, 0.15) is 15.9 Å². The molecule has 0 aliphatic heterocycles. The molecule has 0 radical (unpaired) electrons. The van der Waals surface area contributed by atoms with Crippen molar-refractivity contribution in [1.82, 2.24) is 0 Å². The van der Waals surface area contributed by atoms with Gasteiger partial charge in [-0.05, 0) is 30.3 Å². The highest BCUT2D eigenvalue weighted by atomic mass is 79.9. The molecule has 1 nitrogen and oxygen atoms in total. The fourth-order valence-electron chi connectivity index (χ4n) is 1.57. The van der Waals surface area contributed by atoms with Crippen LogP contribution in [-0.2, 0) is 0 Å². The van der Waals surface area contributed by atoms with Crippen molar-refractivity contribution in [3.63, 3.8) is 0 Å². The highest BCUT2D eigenvalue weighted by molar-refractivity contribution is 9.10. The molecular weight excluding hydrogens is 328 g/mol. The number of benzene rings is 2. The number of carbonyl (C=O) groups excluding carboxylic acids is 1. The van der Waals surface area contributed by atoms with Crippen LogP contribution in [0.3, 0.4) is 0 Å². The molecule has 0 aliphatic carbocycles. The van der Waals surface area contributed by atoms with Crippen molar-refractivity contribution >= 4 is 21.7 Å². The number of ketones is 1. The van der Waals surface area contributed by atoms with Crippen LogP contribution in [0, 0.1) is 23.3 Å². The van der Waals surface area contributed by atoms with Crippen molar-refractivity contribution in [3.05, 3.63) is 69.2 Å². The Labute approximate surface area is 114 Å². The van der Waals surface area contributed by atoms with Gasteiger partial charge in [-0.3, -0.25) is 4.79 Å². The van der Waals surface area contributed by atoms with Gasteiger partial charge in [0.05, 0.1) is 11.1 Å². The van der Waals surface area contributed by atoms with Crippen LogP contribution in [0.25, 0.3) is 0 Å². The lowest BCUT2D eigenvalue weighted by molar-refractivity contribution is 0.102. The minimum atomic E-state index is -1.25. The van der Waals surface area contributed by atoms with Crippen LogP contribution in [0.15, 0.2) is 34.8 Å². The largest absolute Gasteiger partial charge is 0.288 e. The molecular formula is C13H5BrF4O. The molecule has 0 aliphatic rings. The van der Waals surface area contributed by atoms with Crippen LogP contribution in [0.2, 0.25) is 0 Å². The molecule has 0 atom stereocenters. The summed E-state index contributed by atoms with van der Waals surface area (Å²) in [6.45, 7) is 0. The highest BCUT2D eigenvalue weighted by Gasteiger charge is 2.22. The van der Waals surface area contributed by atoms with E-state index in [9.17, 15) is 22.4 Å². The zero-order valence-corrected chi connectivity index (χ0v) is 10.8. The SMILES string of the molecule is O=C(c1cc(F)ccc1F)c1c(F)cc(Br)cc1F. The second-order valence-corrected chi connectivity index (χ2v) is 4.61. The summed E-state index contributed by atoms with van der Waals surface area (Å²) in [5.41, 5.74) is -1.65. The predicted octanol–water partition coefficient (Wildman–Crippen LogP) is 4.24. The normalized spacial score (nSPS) is 10.6. The molecule has 0 spiro atoms. The van der Waals surface area contributed by atoms with Crippen LogP contribution in [-0.4, -0.2) is 5.78 Å². The minimum Gasteiger partial charge on any atom is -0.288 e.